The molecule has 2 aliphatic rings. The van der Waals surface area contributed by atoms with Gasteiger partial charge in [-0.3, -0.25) is 9.69 Å². The molecule has 11 heteroatoms. The van der Waals surface area contributed by atoms with Gasteiger partial charge in [0.2, 0.25) is 0 Å². The zero-order chi connectivity index (χ0) is 27.4. The highest BCUT2D eigenvalue weighted by molar-refractivity contribution is 6.05. The number of rotatable bonds is 4. The van der Waals surface area contributed by atoms with Gasteiger partial charge in [-0.2, -0.15) is 0 Å². The minimum Gasteiger partial charge on any atom is -0.465 e. The van der Waals surface area contributed by atoms with E-state index >= 15 is 0 Å². The summed E-state index contributed by atoms with van der Waals surface area (Å²) in [4.78, 5) is 42.3. The first-order chi connectivity index (χ1) is 18.7. The van der Waals surface area contributed by atoms with Crippen LogP contribution in [0.3, 0.4) is 0 Å². The van der Waals surface area contributed by atoms with Gasteiger partial charge in [-0.25, -0.2) is 24.1 Å². The highest BCUT2D eigenvalue weighted by Crippen LogP contribution is 2.30. The van der Waals surface area contributed by atoms with Gasteiger partial charge in [0.15, 0.2) is 17.3 Å². The number of hydrogen-bond donors (Lipinski definition) is 2. The number of piperazine rings is 1. The third-order valence-electron chi connectivity index (χ3n) is 7.72. The first-order valence-electron chi connectivity index (χ1n) is 13.2. The summed E-state index contributed by atoms with van der Waals surface area (Å²) in [5, 5.41) is 13.3. The Morgan fingerprint density at radius 1 is 1.05 bits per heavy atom. The van der Waals surface area contributed by atoms with Crippen LogP contribution in [-0.2, 0) is 0 Å². The maximum Gasteiger partial charge on any atom is 0.407 e. The molecule has 0 spiro atoms. The molecule has 0 bridgehead atoms. The van der Waals surface area contributed by atoms with Gasteiger partial charge in [0.25, 0.3) is 5.91 Å². The van der Waals surface area contributed by atoms with Gasteiger partial charge >= 0.3 is 6.09 Å². The highest BCUT2D eigenvalue weighted by Gasteiger charge is 2.33. The number of nitrogens with one attached hydrogen (secondary N) is 1. The van der Waals surface area contributed by atoms with Crippen LogP contribution >= 0.6 is 0 Å². The Morgan fingerprint density at radius 3 is 2.46 bits per heavy atom. The smallest absolute Gasteiger partial charge is 0.407 e. The van der Waals surface area contributed by atoms with Crippen LogP contribution in [0.1, 0.15) is 49.3 Å². The molecule has 202 valence electrons. The number of halogens is 1. The first kappa shape index (κ1) is 25.0. The molecule has 3 aromatic heterocycles. The van der Waals surface area contributed by atoms with Gasteiger partial charge in [0.1, 0.15) is 5.69 Å². The average molecular weight is 532 g/mol. The molecular weight excluding hydrogens is 501 g/mol. The molecule has 10 nitrogen and oxygen atoms in total. The summed E-state index contributed by atoms with van der Waals surface area (Å²) in [6, 6.07) is 6.72. The van der Waals surface area contributed by atoms with E-state index in [0.717, 1.165) is 24.9 Å². The number of nitrogens with zero attached hydrogens (tertiary/aromatic N) is 6. The van der Waals surface area contributed by atoms with E-state index in [4.69, 9.17) is 4.98 Å². The van der Waals surface area contributed by atoms with Gasteiger partial charge in [0.05, 0.1) is 23.3 Å². The lowest BCUT2D eigenvalue weighted by Gasteiger charge is -2.44. The van der Waals surface area contributed by atoms with Crippen molar-refractivity contribution in [3.05, 3.63) is 53.9 Å². The van der Waals surface area contributed by atoms with Crippen LogP contribution in [0, 0.1) is 12.7 Å². The molecule has 2 atom stereocenters. The van der Waals surface area contributed by atoms with Crippen LogP contribution in [0.4, 0.5) is 14.9 Å². The predicted molar refractivity (Wildman–Crippen MR) is 145 cm³/mol. The second-order valence-electron chi connectivity index (χ2n) is 10.7. The monoisotopic (exact) mass is 531 g/mol. The number of fused-ring (bicyclic) bond motifs is 2. The zero-order valence-electron chi connectivity index (χ0n) is 22.1. The van der Waals surface area contributed by atoms with Gasteiger partial charge in [-0.1, -0.05) is 0 Å². The van der Waals surface area contributed by atoms with E-state index in [1.165, 1.54) is 11.0 Å². The summed E-state index contributed by atoms with van der Waals surface area (Å²) in [6.07, 6.45) is 5.45. The number of imidazole rings is 1. The summed E-state index contributed by atoms with van der Waals surface area (Å²) in [5.74, 6) is -0.537. The fourth-order valence-corrected chi connectivity index (χ4v) is 5.63. The van der Waals surface area contributed by atoms with Crippen molar-refractivity contribution < 1.29 is 19.1 Å². The number of pyridine rings is 1. The molecule has 1 aliphatic carbocycles. The second-order valence-corrected chi connectivity index (χ2v) is 10.7. The molecule has 2 amide bonds. The Bertz CT molecular complexity index is 1600. The Balaban J connectivity index is 1.43. The molecule has 6 rings (SSSR count). The van der Waals surface area contributed by atoms with E-state index in [-0.39, 0.29) is 41.2 Å². The summed E-state index contributed by atoms with van der Waals surface area (Å²) in [7, 11) is 0. The molecular formula is C28H30FN7O3. The van der Waals surface area contributed by atoms with Crippen molar-refractivity contribution in [2.24, 2.45) is 0 Å². The maximum atomic E-state index is 14.9. The molecule has 1 aromatic carbocycles. The van der Waals surface area contributed by atoms with Gasteiger partial charge in [-0.15, -0.1) is 0 Å². The van der Waals surface area contributed by atoms with Crippen molar-refractivity contribution in [2.45, 2.75) is 58.2 Å². The third-order valence-corrected chi connectivity index (χ3v) is 7.72. The lowest BCUT2D eigenvalue weighted by atomic mass is 9.93. The Morgan fingerprint density at radius 2 is 1.79 bits per heavy atom. The number of hydrogen-bond acceptors (Lipinski definition) is 6. The van der Waals surface area contributed by atoms with Gasteiger partial charge in [0, 0.05) is 48.2 Å². The van der Waals surface area contributed by atoms with E-state index in [9.17, 15) is 19.1 Å². The van der Waals surface area contributed by atoms with Crippen LogP contribution < -0.4 is 10.2 Å². The number of amides is 2. The van der Waals surface area contributed by atoms with Crippen molar-refractivity contribution in [3.63, 3.8) is 0 Å². The zero-order valence-corrected chi connectivity index (χ0v) is 22.1. The fourth-order valence-electron chi connectivity index (χ4n) is 5.63. The van der Waals surface area contributed by atoms with E-state index in [1.807, 2.05) is 32.0 Å². The fraction of sp³-hybridized carbons (Fsp3) is 0.393. The Kier molecular flexibility index (Phi) is 6.08. The molecule has 1 saturated carbocycles. The van der Waals surface area contributed by atoms with Crippen molar-refractivity contribution in [1.82, 2.24) is 29.6 Å². The number of carbonyl (C=O) groups excluding carboxylic acids is 1. The Labute approximate surface area is 224 Å². The molecule has 1 saturated heterocycles. The molecule has 39 heavy (non-hydrogen) atoms. The van der Waals surface area contributed by atoms with Crippen LogP contribution in [0.2, 0.25) is 0 Å². The van der Waals surface area contributed by atoms with Crippen LogP contribution in [0.15, 0.2) is 36.7 Å². The first-order valence-corrected chi connectivity index (χ1v) is 13.2. The second kappa shape index (κ2) is 9.48. The van der Waals surface area contributed by atoms with Crippen molar-refractivity contribution in [2.75, 3.05) is 18.0 Å². The molecule has 0 unspecified atom stereocenters. The number of benzene rings is 1. The maximum absolute atomic E-state index is 14.9. The van der Waals surface area contributed by atoms with Crippen LogP contribution in [0.5, 0.6) is 0 Å². The summed E-state index contributed by atoms with van der Waals surface area (Å²) >= 11 is 0. The lowest BCUT2D eigenvalue weighted by Crippen LogP contribution is -2.58. The summed E-state index contributed by atoms with van der Waals surface area (Å²) in [6.45, 7) is 6.62. The van der Waals surface area contributed by atoms with Gasteiger partial charge < -0.3 is 19.7 Å². The van der Waals surface area contributed by atoms with Crippen LogP contribution in [-0.4, -0.2) is 72.6 Å². The van der Waals surface area contributed by atoms with Crippen molar-refractivity contribution in [1.29, 1.82) is 0 Å². The lowest BCUT2D eigenvalue weighted by molar-refractivity contribution is 0.0912. The number of aromatic nitrogens is 4. The third kappa shape index (κ3) is 4.51. The SMILES string of the molecule is Cc1cn2cc(-c3nc(C(=O)NC4CCC4)c4cc(N5C[C@@H](C)N(C(=O)O)[C@@H](C)C5)ccc4n3)cc(F)c2n1. The standard InChI is InChI=1S/C28H30FN7O3/c1-15-11-35-14-18(9-22(29)26(35)30-15)25-32-23-8-7-20(34-12-16(2)36(28(38)39)17(3)13-34)10-21(23)24(33-25)27(37)31-19-5-4-6-19/h7-11,14,16-17,19H,4-6,12-13H2,1-3H3,(H,31,37)(H,38,39)/t16-,17+. The van der Waals surface area contributed by atoms with Gasteiger partial charge in [-0.05, 0) is 64.3 Å². The number of aryl methyl sites for hydroxylation is 1. The number of carbonyl (C=O) groups is 2. The minimum atomic E-state index is -0.926. The predicted octanol–water partition coefficient (Wildman–Crippen LogP) is 4.25. The summed E-state index contributed by atoms with van der Waals surface area (Å²) in [5.41, 5.74) is 3.00. The van der Waals surface area contributed by atoms with Crippen molar-refractivity contribution in [3.8, 4) is 11.4 Å². The molecule has 4 heterocycles. The van der Waals surface area contributed by atoms with E-state index < -0.39 is 11.9 Å². The van der Waals surface area contributed by atoms with Crippen molar-refractivity contribution >= 4 is 34.2 Å². The summed E-state index contributed by atoms with van der Waals surface area (Å²) < 4.78 is 16.5. The minimum absolute atomic E-state index is 0.114. The molecule has 2 fully saturated rings. The molecule has 2 N–H and O–H groups in total. The highest BCUT2D eigenvalue weighted by atomic mass is 19.1. The normalized spacial score (nSPS) is 19.9. The topological polar surface area (TPSA) is 116 Å². The molecule has 4 aromatic rings. The Hall–Kier alpha value is -4.28. The molecule has 1 aliphatic heterocycles. The van der Waals surface area contributed by atoms with E-state index in [1.54, 1.807) is 23.7 Å². The molecule has 0 radical (unpaired) electrons. The average Bonchev–Trinajstić information content (AvgIpc) is 3.25. The van der Waals surface area contributed by atoms with E-state index in [0.29, 0.717) is 35.2 Å². The quantitative estimate of drug-likeness (QED) is 0.404. The number of anilines is 1. The number of carboxylic acid groups (broad SMARTS) is 1. The largest absolute Gasteiger partial charge is 0.465 e. The van der Waals surface area contributed by atoms with Crippen LogP contribution in [0.25, 0.3) is 27.9 Å². The van der Waals surface area contributed by atoms with E-state index in [2.05, 4.69) is 20.2 Å².